The monoisotopic (exact) mass is 231 g/mol. The van der Waals surface area contributed by atoms with Gasteiger partial charge in [0.1, 0.15) is 0 Å². The largest absolute Gasteiger partial charge is 0.673 e. The Hall–Kier alpha value is -0.255. The van der Waals surface area contributed by atoms with E-state index in [2.05, 4.69) is 12.7 Å². The molecule has 6 heteroatoms. The molecule has 0 unspecified atom stereocenters. The lowest BCUT2D eigenvalue weighted by Gasteiger charge is -1.96. The van der Waals surface area contributed by atoms with Crippen LogP contribution in [0, 0.1) is 0 Å². The molecule has 0 saturated carbocycles. The fourth-order valence-corrected chi connectivity index (χ4v) is 1.13. The molecule has 0 atom stereocenters. The molecule has 0 aliphatic heterocycles. The van der Waals surface area contributed by atoms with Crippen molar-refractivity contribution in [1.82, 2.24) is 0 Å². The van der Waals surface area contributed by atoms with E-state index in [0.717, 1.165) is 6.54 Å². The van der Waals surface area contributed by atoms with Gasteiger partial charge in [0.2, 0.25) is 0 Å². The summed E-state index contributed by atoms with van der Waals surface area (Å²) in [5.41, 5.74) is 3.82. The molecule has 0 aromatic carbocycles. The molecule has 0 aromatic rings. The summed E-state index contributed by atoms with van der Waals surface area (Å²) >= 11 is 0. The van der Waals surface area contributed by atoms with Crippen LogP contribution < -0.4 is 5.73 Å². The second-order valence-corrected chi connectivity index (χ2v) is 3.47. The van der Waals surface area contributed by atoms with Crippen molar-refractivity contribution >= 4 is 7.25 Å². The van der Waals surface area contributed by atoms with Crippen LogP contribution >= 0.6 is 0 Å². The lowest BCUT2D eigenvalue weighted by molar-refractivity contribution is -0.368. The smallest absolute Gasteiger partial charge is 0.418 e. The van der Waals surface area contributed by atoms with Crippen molar-refractivity contribution < 1.29 is 23.0 Å². The Balaban J connectivity index is 0. The van der Waals surface area contributed by atoms with Crippen LogP contribution in [0.5, 0.6) is 0 Å². The Kier molecular flexibility index (Phi) is 13.5. The molecule has 0 aliphatic carbocycles. The van der Waals surface area contributed by atoms with Crippen molar-refractivity contribution in [3.8, 4) is 0 Å². The van der Waals surface area contributed by atoms with Crippen LogP contribution in [0.25, 0.3) is 0 Å². The first-order valence-electron chi connectivity index (χ1n) is 5.58. The maximum absolute atomic E-state index is 9.75. The fourth-order valence-electron chi connectivity index (χ4n) is 1.13. The molecule has 0 aliphatic rings. The standard InChI is InChI=1S/C9H21N.BF4/c1-2-3-4-5-6-7-8-9-10;2-1(3,4)5/h2-10H2,1H3;/q;-1/p+1. The fraction of sp³-hybridized carbons (Fsp3) is 1.00. The average Bonchev–Trinajstić information content (AvgIpc) is 2.08. The minimum Gasteiger partial charge on any atom is -0.418 e. The van der Waals surface area contributed by atoms with Crippen LogP contribution in [-0.2, 0) is 0 Å². The molecular weight excluding hydrogens is 209 g/mol. The van der Waals surface area contributed by atoms with Crippen LogP contribution in [0.3, 0.4) is 0 Å². The zero-order valence-corrected chi connectivity index (χ0v) is 9.45. The number of rotatable bonds is 7. The first-order chi connectivity index (χ1) is 6.91. The lowest BCUT2D eigenvalue weighted by atomic mass is 10.1. The van der Waals surface area contributed by atoms with Gasteiger partial charge in [-0.3, -0.25) is 0 Å². The summed E-state index contributed by atoms with van der Waals surface area (Å²) in [6.07, 6.45) is 9.80. The predicted octanol–water partition coefficient (Wildman–Crippen LogP) is 3.28. The predicted molar refractivity (Wildman–Crippen MR) is 55.9 cm³/mol. The third kappa shape index (κ3) is 41.7. The van der Waals surface area contributed by atoms with Gasteiger partial charge in [0.25, 0.3) is 0 Å². The number of unbranched alkanes of at least 4 members (excludes halogenated alkanes) is 6. The molecule has 94 valence electrons. The van der Waals surface area contributed by atoms with Gasteiger partial charge in [0.05, 0.1) is 6.54 Å². The van der Waals surface area contributed by atoms with Crippen molar-refractivity contribution in [3.63, 3.8) is 0 Å². The Morgan fingerprint density at radius 3 is 1.47 bits per heavy atom. The molecule has 0 radical (unpaired) electrons. The van der Waals surface area contributed by atoms with Gasteiger partial charge in [-0.25, -0.2) is 0 Å². The lowest BCUT2D eigenvalue weighted by Crippen LogP contribution is -2.50. The van der Waals surface area contributed by atoms with Gasteiger partial charge in [0.15, 0.2) is 0 Å². The second kappa shape index (κ2) is 11.8. The number of quaternary nitrogens is 1. The van der Waals surface area contributed by atoms with Crippen molar-refractivity contribution in [2.45, 2.75) is 51.9 Å². The van der Waals surface area contributed by atoms with Gasteiger partial charge >= 0.3 is 7.25 Å². The maximum atomic E-state index is 9.75. The molecule has 0 rings (SSSR count). The van der Waals surface area contributed by atoms with Crippen LogP contribution in [-0.4, -0.2) is 13.8 Å². The highest BCUT2D eigenvalue weighted by molar-refractivity contribution is 6.50. The third-order valence-corrected chi connectivity index (χ3v) is 1.85. The molecule has 0 aromatic heterocycles. The molecule has 0 fully saturated rings. The van der Waals surface area contributed by atoms with Gasteiger partial charge < -0.3 is 23.0 Å². The summed E-state index contributed by atoms with van der Waals surface area (Å²) in [6, 6.07) is 0. The molecule has 0 spiro atoms. The van der Waals surface area contributed by atoms with Gasteiger partial charge in [-0.15, -0.1) is 0 Å². The minimum atomic E-state index is -6.00. The molecule has 1 nitrogen and oxygen atoms in total. The van der Waals surface area contributed by atoms with Gasteiger partial charge in [0, 0.05) is 0 Å². The van der Waals surface area contributed by atoms with Gasteiger partial charge in [-0.2, -0.15) is 0 Å². The van der Waals surface area contributed by atoms with E-state index in [4.69, 9.17) is 0 Å². The van der Waals surface area contributed by atoms with Crippen molar-refractivity contribution in [1.29, 1.82) is 0 Å². The minimum absolute atomic E-state index is 1.12. The Labute approximate surface area is 89.5 Å². The molecular formula is C9H22BF4N. The highest BCUT2D eigenvalue weighted by atomic mass is 19.5. The zero-order chi connectivity index (χ0) is 12.2. The summed E-state index contributed by atoms with van der Waals surface area (Å²) < 4.78 is 39.0. The molecule has 0 bridgehead atoms. The average molecular weight is 231 g/mol. The Morgan fingerprint density at radius 2 is 1.13 bits per heavy atom. The van der Waals surface area contributed by atoms with E-state index in [1.807, 2.05) is 0 Å². The molecule has 0 heterocycles. The summed E-state index contributed by atoms with van der Waals surface area (Å²) in [6.45, 7) is 3.38. The summed E-state index contributed by atoms with van der Waals surface area (Å²) in [4.78, 5) is 0. The Morgan fingerprint density at radius 1 is 0.800 bits per heavy atom. The highest BCUT2D eigenvalue weighted by Gasteiger charge is 2.20. The van der Waals surface area contributed by atoms with E-state index in [9.17, 15) is 17.3 Å². The van der Waals surface area contributed by atoms with Crippen molar-refractivity contribution in [3.05, 3.63) is 0 Å². The highest BCUT2D eigenvalue weighted by Crippen LogP contribution is 2.06. The van der Waals surface area contributed by atoms with Crippen LogP contribution in [0.4, 0.5) is 17.3 Å². The van der Waals surface area contributed by atoms with Gasteiger partial charge in [-0.05, 0) is 12.8 Å². The number of hydrogen-bond acceptors (Lipinski definition) is 0. The summed E-state index contributed by atoms with van der Waals surface area (Å²) in [7, 11) is -6.00. The van der Waals surface area contributed by atoms with Crippen molar-refractivity contribution in [2.24, 2.45) is 0 Å². The summed E-state index contributed by atoms with van der Waals surface area (Å²) in [5, 5.41) is 0. The third-order valence-electron chi connectivity index (χ3n) is 1.85. The first-order valence-corrected chi connectivity index (χ1v) is 5.58. The van der Waals surface area contributed by atoms with E-state index < -0.39 is 7.25 Å². The van der Waals surface area contributed by atoms with E-state index >= 15 is 0 Å². The molecule has 0 amide bonds. The maximum Gasteiger partial charge on any atom is 0.673 e. The number of halogens is 4. The molecule has 0 saturated heterocycles. The van der Waals surface area contributed by atoms with E-state index in [1.54, 1.807) is 0 Å². The van der Waals surface area contributed by atoms with Crippen LogP contribution in [0.2, 0.25) is 0 Å². The normalized spacial score (nSPS) is 10.8. The van der Waals surface area contributed by atoms with Crippen molar-refractivity contribution in [2.75, 3.05) is 6.54 Å². The van der Waals surface area contributed by atoms with E-state index in [1.165, 1.54) is 44.9 Å². The van der Waals surface area contributed by atoms with Crippen LogP contribution in [0.15, 0.2) is 0 Å². The topological polar surface area (TPSA) is 27.6 Å². The van der Waals surface area contributed by atoms with E-state index in [-0.39, 0.29) is 0 Å². The van der Waals surface area contributed by atoms with Gasteiger partial charge in [-0.1, -0.05) is 39.0 Å². The second-order valence-electron chi connectivity index (χ2n) is 3.47. The Bertz CT molecular complexity index is 105. The van der Waals surface area contributed by atoms with Crippen LogP contribution in [0.1, 0.15) is 51.9 Å². The SMILES string of the molecule is CCCCCCCCC[NH3+].F[B-](F)(F)F. The number of hydrogen-bond donors (Lipinski definition) is 1. The first kappa shape index (κ1) is 17.1. The quantitative estimate of drug-likeness (QED) is 0.395. The zero-order valence-electron chi connectivity index (χ0n) is 9.45. The molecule has 15 heavy (non-hydrogen) atoms. The summed E-state index contributed by atoms with van der Waals surface area (Å²) in [5.74, 6) is 0. The molecule has 3 N–H and O–H groups in total. The van der Waals surface area contributed by atoms with E-state index in [0.29, 0.717) is 0 Å².